The molecule has 0 aliphatic carbocycles. The van der Waals surface area contributed by atoms with Crippen LogP contribution in [0.4, 0.5) is 5.69 Å². The van der Waals surface area contributed by atoms with E-state index in [2.05, 4.69) is 22.0 Å². The van der Waals surface area contributed by atoms with Crippen molar-refractivity contribution in [3.05, 3.63) is 59.4 Å². The first-order valence-corrected chi connectivity index (χ1v) is 8.22. The number of pyridine rings is 1. The molecule has 0 radical (unpaired) electrons. The Kier molecular flexibility index (Phi) is 3.32. The molecule has 2 aliphatic heterocycles. The van der Waals surface area contributed by atoms with Crippen molar-refractivity contribution in [2.24, 2.45) is 4.99 Å². The monoisotopic (exact) mass is 306 g/mol. The second-order valence-electron chi connectivity index (χ2n) is 5.50. The molecular formula is C17H14N4S. The van der Waals surface area contributed by atoms with Crippen LogP contribution in [0.1, 0.15) is 16.7 Å². The molecule has 5 heteroatoms. The molecule has 1 fully saturated rings. The summed E-state index contributed by atoms with van der Waals surface area (Å²) in [5, 5.41) is 10.1. The highest BCUT2D eigenvalue weighted by molar-refractivity contribution is 8.14. The van der Waals surface area contributed by atoms with Crippen molar-refractivity contribution in [2.75, 3.05) is 5.75 Å². The van der Waals surface area contributed by atoms with Gasteiger partial charge in [-0.25, -0.2) is 4.99 Å². The second-order valence-corrected chi connectivity index (χ2v) is 6.48. The maximum absolute atomic E-state index is 9.08. The van der Waals surface area contributed by atoms with Crippen molar-refractivity contribution in [3.8, 4) is 6.07 Å². The van der Waals surface area contributed by atoms with Crippen LogP contribution in [0.15, 0.2) is 47.7 Å². The molecule has 108 valence electrons. The number of hydrogen-bond donors (Lipinski definition) is 0. The SMILES string of the molecule is N#Cc1ccc2c(c1)CN1C(=Nc3cccnc3)SC[C@@H]1C2. The number of benzene rings is 1. The van der Waals surface area contributed by atoms with Crippen molar-refractivity contribution >= 4 is 22.6 Å². The lowest BCUT2D eigenvalue weighted by Gasteiger charge is -2.32. The molecule has 3 heterocycles. The Labute approximate surface area is 133 Å². The Morgan fingerprint density at radius 3 is 3.09 bits per heavy atom. The predicted molar refractivity (Wildman–Crippen MR) is 88.0 cm³/mol. The van der Waals surface area contributed by atoms with Gasteiger partial charge in [-0.1, -0.05) is 17.8 Å². The molecule has 0 N–H and O–H groups in total. The van der Waals surface area contributed by atoms with E-state index in [0.29, 0.717) is 6.04 Å². The minimum Gasteiger partial charge on any atom is -0.343 e. The molecule has 4 nitrogen and oxygen atoms in total. The molecule has 0 saturated carbocycles. The first-order chi connectivity index (χ1) is 10.8. The summed E-state index contributed by atoms with van der Waals surface area (Å²) < 4.78 is 0. The summed E-state index contributed by atoms with van der Waals surface area (Å²) in [5.74, 6) is 1.07. The van der Waals surface area contributed by atoms with Crippen molar-refractivity contribution < 1.29 is 0 Å². The third-order valence-corrected chi connectivity index (χ3v) is 5.23. The fourth-order valence-electron chi connectivity index (χ4n) is 2.97. The van der Waals surface area contributed by atoms with Crippen LogP contribution in [0.3, 0.4) is 0 Å². The minimum absolute atomic E-state index is 0.501. The van der Waals surface area contributed by atoms with Gasteiger partial charge in [0, 0.05) is 24.5 Å². The highest BCUT2D eigenvalue weighted by atomic mass is 32.2. The molecule has 1 saturated heterocycles. The van der Waals surface area contributed by atoms with Crippen molar-refractivity contribution in [2.45, 2.75) is 19.0 Å². The summed E-state index contributed by atoms with van der Waals surface area (Å²) >= 11 is 1.81. The molecule has 2 aromatic rings. The van der Waals surface area contributed by atoms with E-state index in [1.807, 2.05) is 24.3 Å². The predicted octanol–water partition coefficient (Wildman–Crippen LogP) is 3.11. The Balaban J connectivity index is 1.66. The molecule has 1 aromatic carbocycles. The minimum atomic E-state index is 0.501. The van der Waals surface area contributed by atoms with Crippen LogP contribution in [0.2, 0.25) is 0 Å². The Morgan fingerprint density at radius 1 is 1.32 bits per heavy atom. The van der Waals surface area contributed by atoms with Gasteiger partial charge >= 0.3 is 0 Å². The van der Waals surface area contributed by atoms with E-state index in [0.717, 1.165) is 35.1 Å². The van der Waals surface area contributed by atoms with Gasteiger partial charge in [-0.15, -0.1) is 0 Å². The zero-order valence-electron chi connectivity index (χ0n) is 11.9. The van der Waals surface area contributed by atoms with E-state index in [-0.39, 0.29) is 0 Å². The van der Waals surface area contributed by atoms with E-state index in [9.17, 15) is 0 Å². The van der Waals surface area contributed by atoms with Crippen LogP contribution in [0.25, 0.3) is 0 Å². The Morgan fingerprint density at radius 2 is 2.27 bits per heavy atom. The lowest BCUT2D eigenvalue weighted by atomic mass is 9.94. The molecule has 4 rings (SSSR count). The van der Waals surface area contributed by atoms with Gasteiger partial charge in [0.1, 0.15) is 0 Å². The number of nitriles is 1. The first kappa shape index (κ1) is 13.4. The van der Waals surface area contributed by atoms with E-state index >= 15 is 0 Å². The number of thioether (sulfide) groups is 1. The van der Waals surface area contributed by atoms with Gasteiger partial charge in [-0.2, -0.15) is 5.26 Å². The lowest BCUT2D eigenvalue weighted by molar-refractivity contribution is 0.320. The van der Waals surface area contributed by atoms with Crippen LogP contribution in [-0.4, -0.2) is 26.8 Å². The van der Waals surface area contributed by atoms with E-state index in [1.165, 1.54) is 11.1 Å². The van der Waals surface area contributed by atoms with Gasteiger partial charge in [-0.05, 0) is 41.8 Å². The Hall–Kier alpha value is -2.32. The molecule has 0 unspecified atom stereocenters. The zero-order valence-corrected chi connectivity index (χ0v) is 12.8. The molecule has 0 amide bonds. The fourth-order valence-corrected chi connectivity index (χ4v) is 4.16. The number of aromatic nitrogens is 1. The quantitative estimate of drug-likeness (QED) is 0.812. The number of hydrogen-bond acceptors (Lipinski definition) is 4. The van der Waals surface area contributed by atoms with Crippen molar-refractivity contribution in [1.82, 2.24) is 9.88 Å². The van der Waals surface area contributed by atoms with Gasteiger partial charge in [0.05, 0.1) is 23.5 Å². The lowest BCUT2D eigenvalue weighted by Crippen LogP contribution is -2.38. The van der Waals surface area contributed by atoms with E-state index in [1.54, 1.807) is 24.2 Å². The number of amidine groups is 1. The molecule has 0 bridgehead atoms. The van der Waals surface area contributed by atoms with Crippen LogP contribution >= 0.6 is 11.8 Å². The third-order valence-electron chi connectivity index (χ3n) is 4.09. The molecular weight excluding hydrogens is 292 g/mol. The Bertz CT molecular complexity index is 779. The summed E-state index contributed by atoms with van der Waals surface area (Å²) in [7, 11) is 0. The topological polar surface area (TPSA) is 52.3 Å². The van der Waals surface area contributed by atoms with Gasteiger partial charge in [-0.3, -0.25) is 4.98 Å². The average Bonchev–Trinajstić information content (AvgIpc) is 2.95. The summed E-state index contributed by atoms with van der Waals surface area (Å²) in [5.41, 5.74) is 4.23. The standard InChI is InChI=1S/C17H14N4S/c18-8-12-3-4-13-7-16-11-22-17(21(16)10-14(13)6-12)20-15-2-1-5-19-9-15/h1-6,9,16H,7,10-11H2/t16-/m0/s1. The van der Waals surface area contributed by atoms with Gasteiger partial charge in [0.25, 0.3) is 0 Å². The molecule has 22 heavy (non-hydrogen) atoms. The van der Waals surface area contributed by atoms with Crippen LogP contribution in [-0.2, 0) is 13.0 Å². The molecule has 1 atom stereocenters. The molecule has 0 spiro atoms. The van der Waals surface area contributed by atoms with Crippen LogP contribution in [0.5, 0.6) is 0 Å². The first-order valence-electron chi connectivity index (χ1n) is 7.23. The maximum atomic E-state index is 9.08. The van der Waals surface area contributed by atoms with Crippen LogP contribution in [0, 0.1) is 11.3 Å². The number of aliphatic imine (C=N–C) groups is 1. The second kappa shape index (κ2) is 5.47. The van der Waals surface area contributed by atoms with Gasteiger partial charge in [0.2, 0.25) is 0 Å². The van der Waals surface area contributed by atoms with E-state index < -0.39 is 0 Å². The zero-order chi connectivity index (χ0) is 14.9. The van der Waals surface area contributed by atoms with Crippen molar-refractivity contribution in [1.29, 1.82) is 5.26 Å². The summed E-state index contributed by atoms with van der Waals surface area (Å²) in [6, 6.07) is 12.6. The van der Waals surface area contributed by atoms with Gasteiger partial charge in [0.15, 0.2) is 5.17 Å². The largest absolute Gasteiger partial charge is 0.343 e. The third kappa shape index (κ3) is 2.36. The van der Waals surface area contributed by atoms with Crippen molar-refractivity contribution in [3.63, 3.8) is 0 Å². The van der Waals surface area contributed by atoms with E-state index in [4.69, 9.17) is 10.3 Å². The van der Waals surface area contributed by atoms with Gasteiger partial charge < -0.3 is 4.90 Å². The molecule has 1 aromatic heterocycles. The smallest absolute Gasteiger partial charge is 0.165 e. The number of fused-ring (bicyclic) bond motifs is 2. The highest BCUT2D eigenvalue weighted by Gasteiger charge is 2.34. The summed E-state index contributed by atoms with van der Waals surface area (Å²) in [4.78, 5) is 11.2. The molecule has 2 aliphatic rings. The number of nitrogens with zero attached hydrogens (tertiary/aromatic N) is 4. The number of rotatable bonds is 1. The maximum Gasteiger partial charge on any atom is 0.165 e. The highest BCUT2D eigenvalue weighted by Crippen LogP contribution is 2.34. The summed E-state index contributed by atoms with van der Waals surface area (Å²) in [6.45, 7) is 0.835. The van der Waals surface area contributed by atoms with Crippen LogP contribution < -0.4 is 0 Å². The average molecular weight is 306 g/mol. The normalized spacial score (nSPS) is 21.3. The summed E-state index contributed by atoms with van der Waals surface area (Å²) in [6.07, 6.45) is 4.57. The fraction of sp³-hybridized carbons (Fsp3) is 0.235.